The summed E-state index contributed by atoms with van der Waals surface area (Å²) in [5.74, 6) is -1.83. The zero-order valence-corrected chi connectivity index (χ0v) is 44.6. The Hall–Kier alpha value is -8.58. The number of anilines is 2. The predicted molar refractivity (Wildman–Crippen MR) is 296 cm³/mol. The third-order valence-corrected chi connectivity index (χ3v) is 13.4. The van der Waals surface area contributed by atoms with Gasteiger partial charge in [-0.15, -0.1) is 0 Å². The van der Waals surface area contributed by atoms with Crippen LogP contribution in [-0.4, -0.2) is 107 Å². The van der Waals surface area contributed by atoms with Crippen molar-refractivity contribution >= 4 is 31.7 Å². The van der Waals surface area contributed by atoms with Crippen molar-refractivity contribution < 1.29 is 65.1 Å². The molecule has 8 rings (SSSR count). The largest absolute Gasteiger partial charge is 0.493 e. The maximum Gasteiger partial charge on any atom is 0.263 e. The summed E-state index contributed by atoms with van der Waals surface area (Å²) in [7, 11) is -5.83. The Bertz CT molecular complexity index is 3830. The Labute approximate surface area is 469 Å². The van der Waals surface area contributed by atoms with E-state index in [0.717, 1.165) is 5.56 Å². The lowest BCUT2D eigenvalue weighted by atomic mass is 9.87. The van der Waals surface area contributed by atoms with Crippen LogP contribution in [-0.2, 0) is 30.9 Å². The average molecular weight is 1130 g/mol. The number of sulfonamides is 2. The van der Waals surface area contributed by atoms with Gasteiger partial charge in [0.05, 0.1) is 42.6 Å². The fourth-order valence-electron chi connectivity index (χ4n) is 6.79. The minimum absolute atomic E-state index is 0. The van der Waals surface area contributed by atoms with Crippen LogP contribution >= 0.6 is 0 Å². The Morgan fingerprint density at radius 3 is 1.19 bits per heavy atom. The second-order valence-electron chi connectivity index (χ2n) is 17.7. The van der Waals surface area contributed by atoms with Gasteiger partial charge in [0.25, 0.3) is 31.8 Å². The number of ether oxygens (including phenoxy) is 6. The lowest BCUT2D eigenvalue weighted by molar-refractivity contribution is 0.192. The highest BCUT2D eigenvalue weighted by Gasteiger charge is 2.29. The molecule has 0 saturated heterocycles. The zero-order valence-electron chi connectivity index (χ0n) is 50.0. The standard InChI is InChI=1S/2C27H29N5O6S.CH4/c2*1-27(2,3)18-10-12-19(13-11-18)39(34,35)32-23-22(38-21-9-6-5-8-20(21)36-4)26(37-17-16-33)31-25(30-23)24-28-14-7-15-29-24;/h2*5-15,33H,16-17H2,1-4H3,(H,30,31,32);1H4/i1D3,16D2;16D2;. The van der Waals surface area contributed by atoms with Crippen molar-refractivity contribution in [2.75, 3.05) is 50.0 Å². The van der Waals surface area contributed by atoms with Gasteiger partial charge in [0.1, 0.15) is 13.2 Å². The Balaban J connectivity index is 0.000000273. The molecule has 0 unspecified atom stereocenters. The summed E-state index contributed by atoms with van der Waals surface area (Å²) in [5.41, 5.74) is -0.0982. The second kappa shape index (κ2) is 26.2. The maximum atomic E-state index is 13.6. The zero-order chi connectivity index (χ0) is 62.2. The molecule has 79 heavy (non-hydrogen) atoms. The van der Waals surface area contributed by atoms with Crippen molar-refractivity contribution in [3.63, 3.8) is 0 Å². The molecule has 4 N–H and O–H groups in total. The molecule has 0 radical (unpaired) electrons. The van der Waals surface area contributed by atoms with E-state index in [2.05, 4.69) is 49.3 Å². The number of para-hydroxylation sites is 4. The van der Waals surface area contributed by atoms with Crippen LogP contribution < -0.4 is 37.9 Å². The van der Waals surface area contributed by atoms with E-state index in [9.17, 15) is 27.0 Å². The Kier molecular flexibility index (Phi) is 16.6. The molecule has 0 bridgehead atoms. The van der Waals surface area contributed by atoms with Crippen LogP contribution in [0.15, 0.2) is 144 Å². The first-order valence-electron chi connectivity index (χ1n) is 26.8. The quantitative estimate of drug-likeness (QED) is 0.0553. The Morgan fingerprint density at radius 2 is 0.861 bits per heavy atom. The molecule has 0 atom stereocenters. The minimum atomic E-state index is -4.41. The molecule has 24 heteroatoms. The maximum absolute atomic E-state index is 13.6. The molecule has 4 aromatic heterocycles. The summed E-state index contributed by atoms with van der Waals surface area (Å²) in [4.78, 5) is 33.3. The number of hydrogen-bond donors (Lipinski definition) is 4. The lowest BCUT2D eigenvalue weighted by Crippen LogP contribution is -2.17. The number of aliphatic hydroxyl groups is 2. The van der Waals surface area contributed by atoms with Crippen LogP contribution in [0.2, 0.25) is 0 Å². The van der Waals surface area contributed by atoms with Crippen molar-refractivity contribution in [3.8, 4) is 69.6 Å². The summed E-state index contributed by atoms with van der Waals surface area (Å²) in [5, 5.41) is 19.4. The van der Waals surface area contributed by atoms with Crippen molar-refractivity contribution in [3.05, 3.63) is 145 Å². The van der Waals surface area contributed by atoms with Gasteiger partial charge in [0, 0.05) is 28.9 Å². The molecule has 0 aliphatic carbocycles. The van der Waals surface area contributed by atoms with E-state index < -0.39 is 70.3 Å². The topological polar surface area (TPSA) is 291 Å². The molecule has 0 spiro atoms. The summed E-state index contributed by atoms with van der Waals surface area (Å²) >= 11 is 0. The van der Waals surface area contributed by atoms with Crippen LogP contribution in [0, 0.1) is 0 Å². The lowest BCUT2D eigenvalue weighted by Gasteiger charge is -2.20. The van der Waals surface area contributed by atoms with E-state index >= 15 is 0 Å². The van der Waals surface area contributed by atoms with E-state index in [1.165, 1.54) is 95.3 Å². The monoisotopic (exact) mass is 1130 g/mol. The summed E-state index contributed by atoms with van der Waals surface area (Å²) in [6.45, 7) is -0.530. The molecule has 4 aromatic carbocycles. The number of methoxy groups -OCH3 is 2. The third-order valence-electron chi connectivity index (χ3n) is 10.7. The van der Waals surface area contributed by atoms with E-state index in [4.69, 9.17) is 38.0 Å². The van der Waals surface area contributed by atoms with Gasteiger partial charge >= 0.3 is 0 Å². The molecular formula is C55H62N10O12S2. The van der Waals surface area contributed by atoms with Gasteiger partial charge in [-0.05, 0) is 82.6 Å². The van der Waals surface area contributed by atoms with E-state index in [0.29, 0.717) is 11.3 Å². The van der Waals surface area contributed by atoms with Crippen molar-refractivity contribution in [1.29, 1.82) is 0 Å². The number of aromatic nitrogens is 8. The molecular weight excluding hydrogens is 1060 g/mol. The number of rotatable bonds is 20. The van der Waals surface area contributed by atoms with Crippen LogP contribution in [0.5, 0.6) is 46.3 Å². The van der Waals surface area contributed by atoms with Crippen LogP contribution in [0.25, 0.3) is 23.3 Å². The summed E-state index contributed by atoms with van der Waals surface area (Å²) in [6.07, 6.45) is 5.70. The average Bonchev–Trinajstić information content (AvgIpc) is 1.51. The van der Waals surface area contributed by atoms with E-state index in [1.807, 2.05) is 20.8 Å². The fourth-order valence-corrected chi connectivity index (χ4v) is 8.80. The molecule has 4 heterocycles. The smallest absolute Gasteiger partial charge is 0.263 e. The SMILES string of the molecule is C.[2H]C([2H])(O)COc1nc(-c2ncccn2)nc(NS(=O)(=O)c2ccc(C(C)(C)C([2H])([2H])[2H])cc2)c1Oc1ccccc1OC.[2H]C([2H])(O)COc1nc(-c2ncccn2)nc(NS(=O)(=O)c2ccc(C(C)(C)C)cc2)c1Oc1ccccc1OC. The number of nitrogens with zero attached hydrogens (tertiary/aromatic N) is 8. The molecule has 8 aromatic rings. The second-order valence-corrected chi connectivity index (χ2v) is 21.1. The van der Waals surface area contributed by atoms with Gasteiger partial charge in [0.2, 0.25) is 23.1 Å². The first-order chi connectivity index (χ1) is 39.8. The predicted octanol–water partition coefficient (Wildman–Crippen LogP) is 9.04. The van der Waals surface area contributed by atoms with Gasteiger partial charge < -0.3 is 38.6 Å². The van der Waals surface area contributed by atoms with Crippen LogP contribution in [0.1, 0.15) is 69.6 Å². The number of nitrogens with one attached hydrogen (secondary N) is 2. The highest BCUT2D eigenvalue weighted by molar-refractivity contribution is 7.93. The Morgan fingerprint density at radius 1 is 0.506 bits per heavy atom. The minimum Gasteiger partial charge on any atom is -0.493 e. The van der Waals surface area contributed by atoms with Crippen molar-refractivity contribution in [2.45, 2.75) is 69.5 Å². The third kappa shape index (κ3) is 15.3. The summed E-state index contributed by atoms with van der Waals surface area (Å²) in [6, 6.07) is 27.8. The molecule has 0 fully saturated rings. The number of benzene rings is 4. The highest BCUT2D eigenvalue weighted by atomic mass is 32.2. The summed E-state index contributed by atoms with van der Waals surface area (Å²) < 4.78 is 146. The molecule has 416 valence electrons. The van der Waals surface area contributed by atoms with Crippen LogP contribution in [0.4, 0.5) is 11.6 Å². The van der Waals surface area contributed by atoms with Gasteiger partial charge in [-0.3, -0.25) is 9.44 Å². The van der Waals surface area contributed by atoms with E-state index in [-0.39, 0.29) is 86.4 Å². The van der Waals surface area contributed by atoms with Crippen molar-refractivity contribution in [1.82, 2.24) is 39.9 Å². The molecule has 0 amide bonds. The first-order valence-corrected chi connectivity index (χ1v) is 26.2. The fraction of sp³-hybridized carbons (Fsp3) is 0.273. The molecule has 0 saturated carbocycles. The normalized spacial score (nSPS) is 13.3. The van der Waals surface area contributed by atoms with Gasteiger partial charge in [-0.2, -0.15) is 9.97 Å². The van der Waals surface area contributed by atoms with Crippen molar-refractivity contribution in [2.24, 2.45) is 0 Å². The molecule has 0 aliphatic rings. The van der Waals surface area contributed by atoms with Gasteiger partial charge in [0.15, 0.2) is 46.3 Å². The highest BCUT2D eigenvalue weighted by Crippen LogP contribution is 2.43. The molecule has 0 aliphatic heterocycles. The van der Waals surface area contributed by atoms with Crippen LogP contribution in [0.3, 0.4) is 0 Å². The van der Waals surface area contributed by atoms with Gasteiger partial charge in [-0.1, -0.05) is 97.4 Å². The number of hydrogen-bond acceptors (Lipinski definition) is 20. The molecule has 22 nitrogen and oxygen atoms in total. The first kappa shape index (κ1) is 50.0. The van der Waals surface area contributed by atoms with Gasteiger partial charge in [-0.25, -0.2) is 46.7 Å². The van der Waals surface area contributed by atoms with E-state index in [1.54, 1.807) is 66.7 Å².